The molecule has 2 rings (SSSR count). The van der Waals surface area contributed by atoms with Crippen LogP contribution in [0.2, 0.25) is 0 Å². The Labute approximate surface area is 157 Å². The maximum absolute atomic E-state index is 5.96. The van der Waals surface area contributed by atoms with Gasteiger partial charge in [-0.15, -0.1) is 0 Å². The molecular formula is C20H34N4O2. The van der Waals surface area contributed by atoms with Gasteiger partial charge in [-0.3, -0.25) is 0 Å². The summed E-state index contributed by atoms with van der Waals surface area (Å²) in [5, 5.41) is 3.20. The molecule has 0 bridgehead atoms. The SMILES string of the molecule is COc1ccc(CN=C(N)NCCCCN2CCC(C)CC2)cc1OC. The van der Waals surface area contributed by atoms with Gasteiger partial charge in [0.2, 0.25) is 0 Å². The van der Waals surface area contributed by atoms with Crippen LogP contribution < -0.4 is 20.5 Å². The summed E-state index contributed by atoms with van der Waals surface area (Å²) in [6.07, 6.45) is 4.99. The molecule has 1 aliphatic heterocycles. The minimum Gasteiger partial charge on any atom is -0.493 e. The quantitative estimate of drug-likeness (QED) is 0.401. The predicted octanol–water partition coefficient (Wildman–Crippen LogP) is 2.62. The number of ether oxygens (including phenoxy) is 2. The van der Waals surface area contributed by atoms with E-state index < -0.39 is 0 Å². The van der Waals surface area contributed by atoms with Crippen LogP contribution >= 0.6 is 0 Å². The van der Waals surface area contributed by atoms with Crippen LogP contribution in [-0.2, 0) is 6.54 Å². The average Bonchev–Trinajstić information content (AvgIpc) is 2.67. The third kappa shape index (κ3) is 6.75. The maximum Gasteiger partial charge on any atom is 0.188 e. The van der Waals surface area contributed by atoms with E-state index in [2.05, 4.69) is 22.1 Å². The molecule has 3 N–H and O–H groups in total. The molecule has 1 heterocycles. The summed E-state index contributed by atoms with van der Waals surface area (Å²) in [6.45, 7) is 7.44. The van der Waals surface area contributed by atoms with Crippen LogP contribution in [0, 0.1) is 5.92 Å². The highest BCUT2D eigenvalue weighted by atomic mass is 16.5. The fourth-order valence-corrected chi connectivity index (χ4v) is 3.17. The van der Waals surface area contributed by atoms with Gasteiger partial charge in [-0.1, -0.05) is 13.0 Å². The van der Waals surface area contributed by atoms with Gasteiger partial charge in [0, 0.05) is 6.54 Å². The molecule has 1 fully saturated rings. The van der Waals surface area contributed by atoms with E-state index in [0.29, 0.717) is 18.3 Å². The van der Waals surface area contributed by atoms with Crippen LogP contribution in [0.5, 0.6) is 11.5 Å². The third-order valence-electron chi connectivity index (χ3n) is 4.96. The second-order valence-electron chi connectivity index (χ2n) is 7.05. The van der Waals surface area contributed by atoms with Gasteiger partial charge in [0.15, 0.2) is 17.5 Å². The lowest BCUT2D eigenvalue weighted by Crippen LogP contribution is -2.35. The summed E-state index contributed by atoms with van der Waals surface area (Å²) < 4.78 is 10.5. The smallest absolute Gasteiger partial charge is 0.188 e. The fourth-order valence-electron chi connectivity index (χ4n) is 3.17. The molecule has 26 heavy (non-hydrogen) atoms. The van der Waals surface area contributed by atoms with E-state index in [1.165, 1.54) is 38.9 Å². The lowest BCUT2D eigenvalue weighted by Gasteiger charge is -2.30. The van der Waals surface area contributed by atoms with Crippen molar-refractivity contribution in [3.8, 4) is 11.5 Å². The zero-order valence-electron chi connectivity index (χ0n) is 16.5. The van der Waals surface area contributed by atoms with E-state index in [9.17, 15) is 0 Å². The van der Waals surface area contributed by atoms with Gasteiger partial charge in [0.05, 0.1) is 20.8 Å². The molecule has 0 aliphatic carbocycles. The summed E-state index contributed by atoms with van der Waals surface area (Å²) >= 11 is 0. The van der Waals surface area contributed by atoms with Gasteiger partial charge in [-0.2, -0.15) is 0 Å². The highest BCUT2D eigenvalue weighted by Gasteiger charge is 2.14. The number of nitrogens with one attached hydrogen (secondary N) is 1. The first kappa shape index (κ1) is 20.4. The number of hydrogen-bond donors (Lipinski definition) is 2. The van der Waals surface area contributed by atoms with Crippen LogP contribution in [0.25, 0.3) is 0 Å². The number of aliphatic imine (C=N–C) groups is 1. The van der Waals surface area contributed by atoms with E-state index in [1.807, 2.05) is 18.2 Å². The molecule has 0 atom stereocenters. The Morgan fingerprint density at radius 2 is 1.92 bits per heavy atom. The Morgan fingerprint density at radius 3 is 2.62 bits per heavy atom. The first-order chi connectivity index (χ1) is 12.6. The average molecular weight is 363 g/mol. The Balaban J connectivity index is 1.64. The van der Waals surface area contributed by atoms with E-state index in [0.717, 1.165) is 30.2 Å². The number of likely N-dealkylation sites (tertiary alicyclic amines) is 1. The Hall–Kier alpha value is -1.95. The molecule has 6 heteroatoms. The fraction of sp³-hybridized carbons (Fsp3) is 0.650. The molecule has 1 aromatic rings. The zero-order chi connectivity index (χ0) is 18.8. The van der Waals surface area contributed by atoms with Crippen LogP contribution in [0.3, 0.4) is 0 Å². The van der Waals surface area contributed by atoms with Crippen LogP contribution in [-0.4, -0.2) is 51.3 Å². The van der Waals surface area contributed by atoms with Crippen molar-refractivity contribution in [2.24, 2.45) is 16.6 Å². The van der Waals surface area contributed by atoms with E-state index >= 15 is 0 Å². The molecule has 0 saturated carbocycles. The molecular weight excluding hydrogens is 328 g/mol. The van der Waals surface area contributed by atoms with Gasteiger partial charge in [0.25, 0.3) is 0 Å². The van der Waals surface area contributed by atoms with E-state index in [-0.39, 0.29) is 0 Å². The Bertz CT molecular complexity index is 569. The highest BCUT2D eigenvalue weighted by molar-refractivity contribution is 5.77. The standard InChI is InChI=1S/C20H34N4O2/c1-16-8-12-24(13-9-16)11-5-4-10-22-20(21)23-15-17-6-7-18(25-2)19(14-17)26-3/h6-7,14,16H,4-5,8-13,15H2,1-3H3,(H3,21,22,23). The van der Waals surface area contributed by atoms with Crippen molar-refractivity contribution in [1.82, 2.24) is 10.2 Å². The first-order valence-corrected chi connectivity index (χ1v) is 9.59. The van der Waals surface area contributed by atoms with Crippen LogP contribution in [0.1, 0.15) is 38.2 Å². The van der Waals surface area contributed by atoms with Crippen molar-refractivity contribution in [1.29, 1.82) is 0 Å². The molecule has 0 aromatic heterocycles. The molecule has 1 aliphatic rings. The van der Waals surface area contributed by atoms with Gasteiger partial charge in [-0.25, -0.2) is 4.99 Å². The second kappa shape index (κ2) is 10.9. The number of rotatable bonds is 9. The third-order valence-corrected chi connectivity index (χ3v) is 4.96. The number of nitrogens with zero attached hydrogens (tertiary/aromatic N) is 2. The maximum atomic E-state index is 5.96. The van der Waals surface area contributed by atoms with Crippen molar-refractivity contribution in [2.75, 3.05) is 40.4 Å². The second-order valence-corrected chi connectivity index (χ2v) is 7.05. The van der Waals surface area contributed by atoms with Gasteiger partial charge in [0.1, 0.15) is 0 Å². The Kier molecular flexibility index (Phi) is 8.54. The molecule has 1 aromatic carbocycles. The van der Waals surface area contributed by atoms with Crippen molar-refractivity contribution in [3.05, 3.63) is 23.8 Å². The van der Waals surface area contributed by atoms with Gasteiger partial charge < -0.3 is 25.4 Å². The normalized spacial score (nSPS) is 16.5. The van der Waals surface area contributed by atoms with Crippen molar-refractivity contribution in [3.63, 3.8) is 0 Å². The monoisotopic (exact) mass is 362 g/mol. The summed E-state index contributed by atoms with van der Waals surface area (Å²) in [5.41, 5.74) is 7.00. The predicted molar refractivity (Wildman–Crippen MR) is 107 cm³/mol. The lowest BCUT2D eigenvalue weighted by molar-refractivity contribution is 0.189. The van der Waals surface area contributed by atoms with Crippen LogP contribution in [0.15, 0.2) is 23.2 Å². The summed E-state index contributed by atoms with van der Waals surface area (Å²) in [7, 11) is 3.26. The number of piperidine rings is 1. The molecule has 0 unspecified atom stereocenters. The van der Waals surface area contributed by atoms with Crippen molar-refractivity contribution < 1.29 is 9.47 Å². The number of guanidine groups is 1. The summed E-state index contributed by atoms with van der Waals surface area (Å²) in [4.78, 5) is 6.98. The Morgan fingerprint density at radius 1 is 1.19 bits per heavy atom. The van der Waals surface area contributed by atoms with Crippen molar-refractivity contribution in [2.45, 2.75) is 39.2 Å². The van der Waals surface area contributed by atoms with E-state index in [4.69, 9.17) is 15.2 Å². The number of hydrogen-bond acceptors (Lipinski definition) is 4. The number of methoxy groups -OCH3 is 2. The van der Waals surface area contributed by atoms with Gasteiger partial charge in [-0.05, 0) is 68.9 Å². The minimum atomic E-state index is 0.492. The largest absolute Gasteiger partial charge is 0.493 e. The minimum absolute atomic E-state index is 0.492. The molecule has 1 saturated heterocycles. The number of benzene rings is 1. The number of nitrogens with two attached hydrogens (primary N) is 1. The van der Waals surface area contributed by atoms with E-state index in [1.54, 1.807) is 14.2 Å². The van der Waals surface area contributed by atoms with Crippen molar-refractivity contribution >= 4 is 5.96 Å². The summed E-state index contributed by atoms with van der Waals surface area (Å²) in [6, 6.07) is 5.78. The molecule has 0 spiro atoms. The zero-order valence-corrected chi connectivity index (χ0v) is 16.5. The number of unbranched alkanes of at least 4 members (excludes halogenated alkanes) is 1. The molecule has 0 amide bonds. The lowest BCUT2D eigenvalue weighted by atomic mass is 9.99. The molecule has 146 valence electrons. The van der Waals surface area contributed by atoms with Crippen LogP contribution in [0.4, 0.5) is 0 Å². The summed E-state index contributed by atoms with van der Waals surface area (Å²) in [5.74, 6) is 2.81. The highest BCUT2D eigenvalue weighted by Crippen LogP contribution is 2.27. The topological polar surface area (TPSA) is 72.1 Å². The molecule has 0 radical (unpaired) electrons. The molecule has 6 nitrogen and oxygen atoms in total. The van der Waals surface area contributed by atoms with Gasteiger partial charge >= 0.3 is 0 Å². The first-order valence-electron chi connectivity index (χ1n) is 9.59.